The second kappa shape index (κ2) is 4.09. The zero-order valence-electron chi connectivity index (χ0n) is 6.93. The van der Waals surface area contributed by atoms with Gasteiger partial charge in [0.1, 0.15) is 0 Å². The minimum atomic E-state index is 0.929. The zero-order chi connectivity index (χ0) is 8.10. The molecule has 0 bridgehead atoms. The van der Waals surface area contributed by atoms with Crippen molar-refractivity contribution in [2.45, 2.75) is 6.42 Å². The minimum absolute atomic E-state index is 0.929. The van der Waals surface area contributed by atoms with Crippen LogP contribution in [-0.4, -0.2) is 26.4 Å². The van der Waals surface area contributed by atoms with E-state index in [0.717, 1.165) is 19.5 Å². The lowest BCUT2D eigenvalue weighted by Gasteiger charge is -2.15. The number of hydrogen-bond acceptors (Lipinski definition) is 2. The summed E-state index contributed by atoms with van der Waals surface area (Å²) in [4.78, 5) is 3.99. The van der Waals surface area contributed by atoms with E-state index in [0.29, 0.717) is 0 Å². The molecule has 0 aromatic heterocycles. The first-order chi connectivity index (χ1) is 5.38. The highest BCUT2D eigenvalue weighted by Crippen LogP contribution is 2.11. The van der Waals surface area contributed by atoms with Gasteiger partial charge in [-0.05, 0) is 24.1 Å². The highest BCUT2D eigenvalue weighted by Gasteiger charge is 2.06. The molecule has 0 saturated carbocycles. The summed E-state index contributed by atoms with van der Waals surface area (Å²) in [6.07, 6.45) is 4.91. The molecule has 1 heterocycles. The van der Waals surface area contributed by atoms with Crippen molar-refractivity contribution in [2.24, 2.45) is 4.99 Å². The number of rotatable bonds is 2. The van der Waals surface area contributed by atoms with Crippen LogP contribution in [0.15, 0.2) is 28.8 Å². The zero-order valence-corrected chi connectivity index (χ0v) is 6.93. The highest BCUT2D eigenvalue weighted by atomic mass is 14.9. The van der Waals surface area contributed by atoms with Gasteiger partial charge in [0.05, 0.1) is 0 Å². The monoisotopic (exact) mass is 150 g/mol. The van der Waals surface area contributed by atoms with Crippen LogP contribution in [0.5, 0.6) is 0 Å². The summed E-state index contributed by atoms with van der Waals surface area (Å²) in [5.41, 5.74) is 2.60. The summed E-state index contributed by atoms with van der Waals surface area (Å²) in [6, 6.07) is 0. The molecule has 0 aliphatic carbocycles. The molecular formula is C9H14N2. The van der Waals surface area contributed by atoms with Gasteiger partial charge in [0.2, 0.25) is 0 Å². The molecule has 0 atom stereocenters. The molecule has 1 aliphatic heterocycles. The summed E-state index contributed by atoms with van der Waals surface area (Å²) in [7, 11) is 1.79. The Morgan fingerprint density at radius 2 is 2.36 bits per heavy atom. The van der Waals surface area contributed by atoms with Crippen molar-refractivity contribution in [3.05, 3.63) is 23.8 Å². The van der Waals surface area contributed by atoms with Crippen molar-refractivity contribution in [2.75, 3.05) is 20.1 Å². The average molecular weight is 150 g/mol. The molecule has 0 spiro atoms. The van der Waals surface area contributed by atoms with E-state index in [2.05, 4.69) is 16.9 Å². The lowest BCUT2D eigenvalue weighted by Crippen LogP contribution is -2.25. The first-order valence-corrected chi connectivity index (χ1v) is 3.86. The van der Waals surface area contributed by atoms with E-state index in [4.69, 9.17) is 0 Å². The van der Waals surface area contributed by atoms with Crippen molar-refractivity contribution >= 4 is 6.21 Å². The summed E-state index contributed by atoms with van der Waals surface area (Å²) in [6.45, 7) is 5.76. The molecule has 2 heteroatoms. The van der Waals surface area contributed by atoms with Crippen LogP contribution < -0.4 is 5.32 Å². The van der Waals surface area contributed by atoms with Crippen LogP contribution in [0.2, 0.25) is 0 Å². The lowest BCUT2D eigenvalue weighted by atomic mass is 10.0. The molecule has 0 fully saturated rings. The van der Waals surface area contributed by atoms with Gasteiger partial charge in [-0.3, -0.25) is 4.99 Å². The maximum absolute atomic E-state index is 3.99. The third kappa shape index (κ3) is 2.02. The van der Waals surface area contributed by atoms with Crippen LogP contribution in [0, 0.1) is 0 Å². The van der Waals surface area contributed by atoms with Crippen molar-refractivity contribution in [1.82, 2.24) is 5.32 Å². The fraction of sp³-hybridized carbons (Fsp3) is 0.444. The van der Waals surface area contributed by atoms with E-state index in [1.165, 1.54) is 11.1 Å². The molecule has 11 heavy (non-hydrogen) atoms. The molecular weight excluding hydrogens is 136 g/mol. The van der Waals surface area contributed by atoms with E-state index in [1.54, 1.807) is 7.05 Å². The van der Waals surface area contributed by atoms with E-state index in [-0.39, 0.29) is 0 Å². The maximum atomic E-state index is 3.99. The van der Waals surface area contributed by atoms with Gasteiger partial charge in [0, 0.05) is 19.8 Å². The number of aliphatic imine (C=N–C) groups is 1. The van der Waals surface area contributed by atoms with E-state index < -0.39 is 0 Å². The van der Waals surface area contributed by atoms with Crippen LogP contribution in [-0.2, 0) is 0 Å². The predicted octanol–water partition coefficient (Wildman–Crippen LogP) is 1.16. The van der Waals surface area contributed by atoms with Gasteiger partial charge in [0.25, 0.3) is 0 Å². The molecule has 0 saturated heterocycles. The van der Waals surface area contributed by atoms with Gasteiger partial charge in [0.15, 0.2) is 0 Å². The molecule has 0 radical (unpaired) electrons. The van der Waals surface area contributed by atoms with Gasteiger partial charge < -0.3 is 5.32 Å². The Labute approximate surface area is 67.7 Å². The van der Waals surface area contributed by atoms with Crippen LogP contribution in [0.4, 0.5) is 0 Å². The topological polar surface area (TPSA) is 24.4 Å². The van der Waals surface area contributed by atoms with Crippen LogP contribution in [0.25, 0.3) is 0 Å². The normalized spacial score (nSPS) is 19.4. The lowest BCUT2D eigenvalue weighted by molar-refractivity contribution is 0.702. The van der Waals surface area contributed by atoms with Gasteiger partial charge in [-0.2, -0.15) is 0 Å². The third-order valence-electron chi connectivity index (χ3n) is 1.83. The Hall–Kier alpha value is -0.890. The molecule has 0 unspecified atom stereocenters. The fourth-order valence-corrected chi connectivity index (χ4v) is 1.24. The van der Waals surface area contributed by atoms with Crippen molar-refractivity contribution in [3.8, 4) is 0 Å². The first kappa shape index (κ1) is 8.21. The Morgan fingerprint density at radius 1 is 1.55 bits per heavy atom. The molecule has 0 aromatic rings. The predicted molar refractivity (Wildman–Crippen MR) is 49.1 cm³/mol. The molecule has 60 valence electrons. The first-order valence-electron chi connectivity index (χ1n) is 3.86. The van der Waals surface area contributed by atoms with Crippen LogP contribution >= 0.6 is 0 Å². The van der Waals surface area contributed by atoms with E-state index in [9.17, 15) is 0 Å². The van der Waals surface area contributed by atoms with Crippen LogP contribution in [0.3, 0.4) is 0 Å². The molecule has 0 amide bonds. The second-order valence-electron chi connectivity index (χ2n) is 2.57. The van der Waals surface area contributed by atoms with Crippen molar-refractivity contribution < 1.29 is 0 Å². The second-order valence-corrected chi connectivity index (χ2v) is 2.57. The Bertz CT molecular complexity index is 202. The number of hydrogen-bond donors (Lipinski definition) is 1. The van der Waals surface area contributed by atoms with Gasteiger partial charge in [-0.1, -0.05) is 12.7 Å². The average Bonchev–Trinajstić information content (AvgIpc) is 2.06. The molecule has 1 N–H and O–H groups in total. The van der Waals surface area contributed by atoms with Crippen LogP contribution in [0.1, 0.15) is 6.42 Å². The van der Waals surface area contributed by atoms with E-state index in [1.807, 2.05) is 12.3 Å². The quantitative estimate of drug-likeness (QED) is 0.587. The number of nitrogens with one attached hydrogen (secondary N) is 1. The molecule has 2 nitrogen and oxygen atoms in total. The minimum Gasteiger partial charge on any atom is -0.312 e. The van der Waals surface area contributed by atoms with Crippen molar-refractivity contribution in [3.63, 3.8) is 0 Å². The summed E-state index contributed by atoms with van der Waals surface area (Å²) >= 11 is 0. The smallest absolute Gasteiger partial charge is 0.0277 e. The number of allylic oxidation sites excluding steroid dienone is 1. The fourth-order valence-electron chi connectivity index (χ4n) is 1.24. The van der Waals surface area contributed by atoms with Gasteiger partial charge in [-0.15, -0.1) is 0 Å². The third-order valence-corrected chi connectivity index (χ3v) is 1.83. The molecule has 0 aromatic carbocycles. The summed E-state index contributed by atoms with van der Waals surface area (Å²) < 4.78 is 0. The van der Waals surface area contributed by atoms with Crippen molar-refractivity contribution in [1.29, 1.82) is 0 Å². The summed E-state index contributed by atoms with van der Waals surface area (Å²) in [5, 5.41) is 3.29. The van der Waals surface area contributed by atoms with E-state index >= 15 is 0 Å². The maximum Gasteiger partial charge on any atom is 0.0277 e. The molecule has 1 rings (SSSR count). The highest BCUT2D eigenvalue weighted by molar-refractivity contribution is 5.81. The SMILES string of the molecule is C=CC1=C(C=NC)CNCC1. The van der Waals surface area contributed by atoms with Gasteiger partial charge in [-0.25, -0.2) is 0 Å². The molecule has 1 aliphatic rings. The standard InChI is InChI=1S/C9H14N2/c1-3-8-4-5-11-7-9(8)6-10-2/h3,6,11H,1,4-5,7H2,2H3. The Morgan fingerprint density at radius 3 is 3.00 bits per heavy atom. The Balaban J connectivity index is 2.81. The largest absolute Gasteiger partial charge is 0.312 e. The van der Waals surface area contributed by atoms with Gasteiger partial charge >= 0.3 is 0 Å². The summed E-state index contributed by atoms with van der Waals surface area (Å²) in [5.74, 6) is 0. The Kier molecular flexibility index (Phi) is 3.05. The number of nitrogens with zero attached hydrogens (tertiary/aromatic N) is 1.